The minimum atomic E-state index is -4.53. The average molecular weight is 334 g/mol. The number of hydrogen-bond acceptors (Lipinski definition) is 4. The molecule has 0 spiro atoms. The molecule has 0 saturated heterocycles. The maximum atomic E-state index is 12.8. The summed E-state index contributed by atoms with van der Waals surface area (Å²) in [4.78, 5) is 10.2. The van der Waals surface area contributed by atoms with E-state index in [9.17, 15) is 13.2 Å². The van der Waals surface area contributed by atoms with Crippen molar-refractivity contribution in [3.05, 3.63) is 39.4 Å². The summed E-state index contributed by atoms with van der Waals surface area (Å²) < 4.78 is 38.5. The molecule has 112 valence electrons. The molecule has 3 nitrogen and oxygen atoms in total. The molecule has 1 saturated carbocycles. The van der Waals surface area contributed by atoms with E-state index in [4.69, 9.17) is 11.6 Å². The predicted octanol–water partition coefficient (Wildman–Crippen LogP) is 4.38. The molecule has 2 heterocycles. The second-order valence-electron chi connectivity index (χ2n) is 4.82. The monoisotopic (exact) mass is 333 g/mol. The number of halogens is 4. The van der Waals surface area contributed by atoms with Crippen LogP contribution in [0.5, 0.6) is 0 Å². The fourth-order valence-corrected chi connectivity index (χ4v) is 2.93. The first-order chi connectivity index (χ1) is 9.93. The average Bonchev–Trinajstić information content (AvgIpc) is 3.11. The highest BCUT2D eigenvalue weighted by atomic mass is 35.5. The largest absolute Gasteiger partial charge is 0.433 e. The molecule has 1 aliphatic carbocycles. The molecule has 1 fully saturated rings. The van der Waals surface area contributed by atoms with Crippen LogP contribution in [0.1, 0.15) is 23.4 Å². The topological polar surface area (TPSA) is 29.0 Å². The normalized spacial score (nSPS) is 15.2. The van der Waals surface area contributed by atoms with Crippen molar-refractivity contribution in [2.45, 2.75) is 31.6 Å². The summed E-state index contributed by atoms with van der Waals surface area (Å²) in [5.74, 6) is 0.234. The summed E-state index contributed by atoms with van der Waals surface area (Å²) in [5.41, 5.74) is -1.01. The van der Waals surface area contributed by atoms with Gasteiger partial charge in [-0.2, -0.15) is 13.2 Å². The lowest BCUT2D eigenvalue weighted by Gasteiger charge is -2.23. The van der Waals surface area contributed by atoms with Gasteiger partial charge in [0.2, 0.25) is 5.28 Å². The second kappa shape index (κ2) is 5.46. The molecule has 0 aromatic carbocycles. The van der Waals surface area contributed by atoms with Crippen LogP contribution in [0, 0.1) is 0 Å². The zero-order valence-electron chi connectivity index (χ0n) is 10.8. The fourth-order valence-electron chi connectivity index (χ4n) is 2.05. The van der Waals surface area contributed by atoms with Crippen molar-refractivity contribution in [2.24, 2.45) is 0 Å². The molecule has 21 heavy (non-hydrogen) atoms. The summed E-state index contributed by atoms with van der Waals surface area (Å²) in [6, 6.07) is 5.06. The number of hydrogen-bond donors (Lipinski definition) is 0. The van der Waals surface area contributed by atoms with Crippen molar-refractivity contribution in [3.8, 4) is 0 Å². The van der Waals surface area contributed by atoms with Gasteiger partial charge in [-0.15, -0.1) is 11.3 Å². The standard InChI is InChI=1S/C13H11ClF3N3S/c14-12-18-10(13(15,16)17)6-11(19-12)20(8-3-4-8)7-9-2-1-5-21-9/h1-2,5-6,8H,3-4,7H2. The minimum absolute atomic E-state index is 0.221. The van der Waals surface area contributed by atoms with Crippen molar-refractivity contribution in [1.82, 2.24) is 9.97 Å². The zero-order valence-corrected chi connectivity index (χ0v) is 12.3. The van der Waals surface area contributed by atoms with Gasteiger partial charge in [-0.05, 0) is 35.9 Å². The molecular formula is C13H11ClF3N3S. The maximum absolute atomic E-state index is 12.8. The van der Waals surface area contributed by atoms with Gasteiger partial charge in [0.25, 0.3) is 0 Å². The third-order valence-electron chi connectivity index (χ3n) is 3.16. The molecule has 0 aliphatic heterocycles. The van der Waals surface area contributed by atoms with Crippen LogP contribution in [0.2, 0.25) is 5.28 Å². The van der Waals surface area contributed by atoms with E-state index >= 15 is 0 Å². The van der Waals surface area contributed by atoms with Gasteiger partial charge in [-0.3, -0.25) is 0 Å². The zero-order chi connectivity index (χ0) is 15.0. The molecular weight excluding hydrogens is 323 g/mol. The van der Waals surface area contributed by atoms with Crippen LogP contribution in [-0.4, -0.2) is 16.0 Å². The molecule has 2 aromatic heterocycles. The molecule has 0 N–H and O–H groups in total. The van der Waals surface area contributed by atoms with Crippen LogP contribution in [-0.2, 0) is 12.7 Å². The maximum Gasteiger partial charge on any atom is 0.433 e. The highest BCUT2D eigenvalue weighted by Gasteiger charge is 2.36. The van der Waals surface area contributed by atoms with Gasteiger partial charge in [-0.25, -0.2) is 9.97 Å². The van der Waals surface area contributed by atoms with Crippen LogP contribution < -0.4 is 4.90 Å². The Labute approximate surface area is 128 Å². The van der Waals surface area contributed by atoms with Gasteiger partial charge in [0, 0.05) is 17.0 Å². The van der Waals surface area contributed by atoms with E-state index in [1.165, 1.54) is 0 Å². The van der Waals surface area contributed by atoms with Crippen molar-refractivity contribution in [3.63, 3.8) is 0 Å². The van der Waals surface area contributed by atoms with Gasteiger partial charge in [0.05, 0.1) is 6.54 Å². The molecule has 0 atom stereocenters. The van der Waals surface area contributed by atoms with Crippen LogP contribution in [0.25, 0.3) is 0 Å². The quantitative estimate of drug-likeness (QED) is 0.777. The molecule has 0 unspecified atom stereocenters. The number of aromatic nitrogens is 2. The number of anilines is 1. The Kier molecular flexibility index (Phi) is 3.79. The summed E-state index contributed by atoms with van der Waals surface area (Å²) in [5, 5.41) is 1.56. The van der Waals surface area contributed by atoms with Crippen LogP contribution >= 0.6 is 22.9 Å². The Morgan fingerprint density at radius 2 is 2.10 bits per heavy atom. The lowest BCUT2D eigenvalue weighted by Crippen LogP contribution is -2.26. The van der Waals surface area contributed by atoms with E-state index in [-0.39, 0.29) is 17.1 Å². The van der Waals surface area contributed by atoms with Gasteiger partial charge in [-0.1, -0.05) is 6.07 Å². The second-order valence-corrected chi connectivity index (χ2v) is 6.19. The Hall–Kier alpha value is -1.34. The molecule has 0 bridgehead atoms. The van der Waals surface area contributed by atoms with E-state index < -0.39 is 11.9 Å². The van der Waals surface area contributed by atoms with E-state index in [0.29, 0.717) is 6.54 Å². The smallest absolute Gasteiger partial charge is 0.348 e. The Bertz CT molecular complexity index is 626. The van der Waals surface area contributed by atoms with Crippen molar-refractivity contribution < 1.29 is 13.2 Å². The van der Waals surface area contributed by atoms with Gasteiger partial charge in [0.15, 0.2) is 5.69 Å². The Balaban J connectivity index is 1.94. The van der Waals surface area contributed by atoms with E-state index in [2.05, 4.69) is 9.97 Å². The first-order valence-electron chi connectivity index (χ1n) is 6.34. The Morgan fingerprint density at radius 3 is 2.67 bits per heavy atom. The number of thiophene rings is 1. The third kappa shape index (κ3) is 3.47. The summed E-state index contributed by atoms with van der Waals surface area (Å²) >= 11 is 7.23. The minimum Gasteiger partial charge on any atom is -0.348 e. The molecule has 8 heteroatoms. The summed E-state index contributed by atoms with van der Waals surface area (Å²) in [6.45, 7) is 0.535. The number of rotatable bonds is 4. The van der Waals surface area contributed by atoms with Gasteiger partial charge >= 0.3 is 6.18 Å². The van der Waals surface area contributed by atoms with Crippen molar-refractivity contribution in [2.75, 3.05) is 4.90 Å². The third-order valence-corrected chi connectivity index (χ3v) is 4.19. The first kappa shape index (κ1) is 14.6. The molecule has 1 aliphatic rings. The van der Waals surface area contributed by atoms with Crippen LogP contribution in [0.4, 0.5) is 19.0 Å². The molecule has 0 radical (unpaired) electrons. The van der Waals surface area contributed by atoms with Crippen molar-refractivity contribution in [1.29, 1.82) is 0 Å². The summed E-state index contributed by atoms with van der Waals surface area (Å²) in [6.07, 6.45) is -2.62. The number of nitrogens with zero attached hydrogens (tertiary/aromatic N) is 3. The Morgan fingerprint density at radius 1 is 1.33 bits per heavy atom. The van der Waals surface area contributed by atoms with Gasteiger partial charge in [0.1, 0.15) is 5.82 Å². The van der Waals surface area contributed by atoms with E-state index in [0.717, 1.165) is 23.8 Å². The van der Waals surface area contributed by atoms with E-state index in [1.54, 1.807) is 11.3 Å². The highest BCUT2D eigenvalue weighted by molar-refractivity contribution is 7.09. The lowest BCUT2D eigenvalue weighted by molar-refractivity contribution is -0.141. The molecule has 2 aromatic rings. The molecule has 3 rings (SSSR count). The molecule has 0 amide bonds. The number of alkyl halides is 3. The summed E-state index contributed by atoms with van der Waals surface area (Å²) in [7, 11) is 0. The highest BCUT2D eigenvalue weighted by Crippen LogP contribution is 2.36. The van der Waals surface area contributed by atoms with Gasteiger partial charge < -0.3 is 4.90 Å². The SMILES string of the molecule is FC(F)(F)c1cc(N(Cc2cccs2)C2CC2)nc(Cl)n1. The fraction of sp³-hybridized carbons (Fsp3) is 0.385. The van der Waals surface area contributed by atoms with Crippen molar-refractivity contribution >= 4 is 28.8 Å². The van der Waals surface area contributed by atoms with Crippen LogP contribution in [0.3, 0.4) is 0 Å². The van der Waals surface area contributed by atoms with Crippen LogP contribution in [0.15, 0.2) is 23.6 Å². The lowest BCUT2D eigenvalue weighted by atomic mass is 10.3. The predicted molar refractivity (Wildman–Crippen MR) is 75.6 cm³/mol. The first-order valence-corrected chi connectivity index (χ1v) is 7.60. The van der Waals surface area contributed by atoms with E-state index in [1.807, 2.05) is 22.4 Å².